The van der Waals surface area contributed by atoms with Crippen LogP contribution in [0.15, 0.2) is 70.2 Å². The molecule has 1 amide bonds. The van der Waals surface area contributed by atoms with Crippen LogP contribution in [0.2, 0.25) is 0 Å². The normalized spacial score (nSPS) is 10.8. The number of carbonyl (C=O) groups is 2. The maximum atomic E-state index is 11.9. The molecule has 3 aromatic rings. The van der Waals surface area contributed by atoms with E-state index >= 15 is 0 Å². The molecule has 0 spiro atoms. The van der Waals surface area contributed by atoms with Crippen molar-refractivity contribution in [2.24, 2.45) is 5.10 Å². The van der Waals surface area contributed by atoms with E-state index < -0.39 is 16.8 Å². The number of rotatable bonds is 7. The van der Waals surface area contributed by atoms with Crippen molar-refractivity contribution >= 4 is 23.8 Å². The van der Waals surface area contributed by atoms with E-state index in [4.69, 9.17) is 4.42 Å². The number of nitro groups is 1. The maximum absolute atomic E-state index is 11.9. The van der Waals surface area contributed by atoms with Crippen molar-refractivity contribution < 1.29 is 24.0 Å². The van der Waals surface area contributed by atoms with Gasteiger partial charge in [-0.1, -0.05) is 30.3 Å². The lowest BCUT2D eigenvalue weighted by Gasteiger charge is -2.02. The molecular weight excluding hydrogens is 378 g/mol. The lowest BCUT2D eigenvalue weighted by Crippen LogP contribution is -2.19. The van der Waals surface area contributed by atoms with Crippen LogP contribution in [-0.4, -0.2) is 28.1 Å². The fourth-order valence-corrected chi connectivity index (χ4v) is 2.58. The second-order valence-electron chi connectivity index (χ2n) is 5.95. The molecule has 3 rings (SSSR count). The second kappa shape index (κ2) is 8.61. The Morgan fingerprint density at radius 3 is 2.52 bits per heavy atom. The average Bonchev–Trinajstić information content (AvgIpc) is 3.17. The molecule has 29 heavy (non-hydrogen) atoms. The van der Waals surface area contributed by atoms with Crippen LogP contribution in [0.25, 0.3) is 11.3 Å². The molecule has 0 unspecified atom stereocenters. The molecule has 0 fully saturated rings. The summed E-state index contributed by atoms with van der Waals surface area (Å²) >= 11 is 0. The first kappa shape index (κ1) is 19.5. The van der Waals surface area contributed by atoms with Gasteiger partial charge in [0, 0.05) is 17.7 Å². The number of hydrazone groups is 1. The number of non-ortho nitro benzene ring substituents is 1. The predicted molar refractivity (Wildman–Crippen MR) is 104 cm³/mol. The van der Waals surface area contributed by atoms with Crippen LogP contribution in [0, 0.1) is 10.1 Å². The molecule has 9 heteroatoms. The number of furan rings is 1. The molecule has 0 atom stereocenters. The maximum Gasteiger partial charge on any atom is 0.336 e. The lowest BCUT2D eigenvalue weighted by molar-refractivity contribution is -0.384. The highest BCUT2D eigenvalue weighted by molar-refractivity contribution is 5.95. The summed E-state index contributed by atoms with van der Waals surface area (Å²) in [6.07, 6.45) is 1.30. The van der Waals surface area contributed by atoms with Gasteiger partial charge in [0.25, 0.3) is 5.69 Å². The molecule has 0 bridgehead atoms. The number of benzene rings is 2. The minimum atomic E-state index is -1.06. The third-order valence-electron chi connectivity index (χ3n) is 3.94. The Labute approximate surface area is 164 Å². The van der Waals surface area contributed by atoms with Gasteiger partial charge < -0.3 is 9.52 Å². The van der Waals surface area contributed by atoms with Gasteiger partial charge in [0.15, 0.2) is 0 Å². The third kappa shape index (κ3) is 4.92. The van der Waals surface area contributed by atoms with Gasteiger partial charge in [-0.15, -0.1) is 0 Å². The zero-order chi connectivity index (χ0) is 20.8. The molecule has 0 aliphatic carbocycles. The van der Waals surface area contributed by atoms with Crippen molar-refractivity contribution in [3.05, 3.63) is 87.7 Å². The summed E-state index contributed by atoms with van der Waals surface area (Å²) in [5, 5.41) is 23.7. The van der Waals surface area contributed by atoms with Crippen molar-refractivity contribution in [1.29, 1.82) is 0 Å². The van der Waals surface area contributed by atoms with Crippen LogP contribution in [0.3, 0.4) is 0 Å². The Morgan fingerprint density at radius 1 is 1.10 bits per heavy atom. The molecule has 2 N–H and O–H groups in total. The van der Waals surface area contributed by atoms with E-state index in [0.29, 0.717) is 22.6 Å². The molecule has 0 aliphatic rings. The van der Waals surface area contributed by atoms with Gasteiger partial charge >= 0.3 is 5.97 Å². The molecule has 1 aromatic heterocycles. The molecule has 146 valence electrons. The van der Waals surface area contributed by atoms with Gasteiger partial charge in [0.1, 0.15) is 11.5 Å². The van der Waals surface area contributed by atoms with Crippen LogP contribution < -0.4 is 5.43 Å². The smallest absolute Gasteiger partial charge is 0.336 e. The van der Waals surface area contributed by atoms with E-state index in [1.165, 1.54) is 36.5 Å². The van der Waals surface area contributed by atoms with Gasteiger partial charge in [0.05, 0.1) is 23.1 Å². The molecule has 0 saturated heterocycles. The number of nitrogens with zero attached hydrogens (tertiary/aromatic N) is 2. The summed E-state index contributed by atoms with van der Waals surface area (Å²) in [7, 11) is 0. The minimum absolute atomic E-state index is 0.00469. The van der Waals surface area contributed by atoms with Gasteiger partial charge in [-0.25, -0.2) is 10.2 Å². The summed E-state index contributed by atoms with van der Waals surface area (Å²) in [5.41, 5.74) is 3.44. The van der Waals surface area contributed by atoms with Crippen molar-refractivity contribution in [2.75, 3.05) is 0 Å². The standard InChI is InChI=1S/C20H15N3O6/c24-19(11-13-5-7-14(8-6-13)23(27)28)22-21-12-15-9-10-18(29-15)16-3-1-2-4-17(16)20(25)26/h1-10,12H,11H2,(H,22,24)(H,25,26)/b21-12-. The number of amides is 1. The first-order valence-electron chi connectivity index (χ1n) is 8.42. The molecule has 1 heterocycles. The van der Waals surface area contributed by atoms with Gasteiger partial charge in [-0.05, 0) is 23.8 Å². The van der Waals surface area contributed by atoms with Crippen molar-refractivity contribution in [1.82, 2.24) is 5.43 Å². The van der Waals surface area contributed by atoms with Crippen LogP contribution in [0.1, 0.15) is 21.7 Å². The molecular formula is C20H15N3O6. The molecule has 0 radical (unpaired) electrons. The van der Waals surface area contributed by atoms with E-state index in [-0.39, 0.29) is 17.7 Å². The summed E-state index contributed by atoms with van der Waals surface area (Å²) in [4.78, 5) is 33.3. The number of hydrogen-bond acceptors (Lipinski definition) is 6. The average molecular weight is 393 g/mol. The largest absolute Gasteiger partial charge is 0.478 e. The first-order valence-corrected chi connectivity index (χ1v) is 8.42. The number of carboxylic acids is 1. The van der Waals surface area contributed by atoms with E-state index in [9.17, 15) is 24.8 Å². The van der Waals surface area contributed by atoms with E-state index in [0.717, 1.165) is 0 Å². The van der Waals surface area contributed by atoms with E-state index in [1.54, 1.807) is 30.3 Å². The Morgan fingerprint density at radius 2 is 1.83 bits per heavy atom. The van der Waals surface area contributed by atoms with E-state index in [1.807, 2.05) is 0 Å². The topological polar surface area (TPSA) is 135 Å². The number of hydrogen-bond donors (Lipinski definition) is 2. The fourth-order valence-electron chi connectivity index (χ4n) is 2.58. The minimum Gasteiger partial charge on any atom is -0.478 e. The Bertz CT molecular complexity index is 1090. The first-order chi connectivity index (χ1) is 13.9. The quantitative estimate of drug-likeness (QED) is 0.359. The number of nitro benzene ring substituents is 1. The second-order valence-corrected chi connectivity index (χ2v) is 5.95. The summed E-state index contributed by atoms with van der Waals surface area (Å²) in [6, 6.07) is 15.3. The van der Waals surface area contributed by atoms with Crippen molar-refractivity contribution in [3.63, 3.8) is 0 Å². The van der Waals surface area contributed by atoms with Crippen molar-refractivity contribution in [3.8, 4) is 11.3 Å². The van der Waals surface area contributed by atoms with Crippen LogP contribution >= 0.6 is 0 Å². The van der Waals surface area contributed by atoms with Gasteiger partial charge in [-0.3, -0.25) is 14.9 Å². The molecule has 9 nitrogen and oxygen atoms in total. The van der Waals surface area contributed by atoms with Crippen molar-refractivity contribution in [2.45, 2.75) is 6.42 Å². The number of carboxylic acid groups (broad SMARTS) is 1. The molecule has 0 aliphatic heterocycles. The van der Waals surface area contributed by atoms with Gasteiger partial charge in [-0.2, -0.15) is 5.10 Å². The van der Waals surface area contributed by atoms with Crippen LogP contribution in [0.4, 0.5) is 5.69 Å². The zero-order valence-electron chi connectivity index (χ0n) is 14.9. The highest BCUT2D eigenvalue weighted by Gasteiger charge is 2.13. The number of carbonyl (C=O) groups excluding carboxylic acids is 1. The summed E-state index contributed by atoms with van der Waals surface area (Å²) in [6.45, 7) is 0. The molecule has 0 saturated carbocycles. The van der Waals surface area contributed by atoms with E-state index in [2.05, 4.69) is 10.5 Å². The third-order valence-corrected chi connectivity index (χ3v) is 3.94. The summed E-state index contributed by atoms with van der Waals surface area (Å²) in [5.74, 6) is -0.777. The number of nitrogens with one attached hydrogen (secondary N) is 1. The molecule has 2 aromatic carbocycles. The highest BCUT2D eigenvalue weighted by Crippen LogP contribution is 2.25. The Kier molecular flexibility index (Phi) is 5.79. The monoisotopic (exact) mass is 393 g/mol. The highest BCUT2D eigenvalue weighted by atomic mass is 16.6. The lowest BCUT2D eigenvalue weighted by atomic mass is 10.1. The Balaban J connectivity index is 1.61. The number of aromatic carboxylic acids is 1. The predicted octanol–water partition coefficient (Wildman–Crippen LogP) is 3.25. The SMILES string of the molecule is O=C(Cc1ccc([N+](=O)[O-])cc1)N/N=C\c1ccc(-c2ccccc2C(=O)O)o1. The fraction of sp³-hybridized carbons (Fsp3) is 0.0500. The zero-order valence-corrected chi connectivity index (χ0v) is 14.9. The van der Waals surface area contributed by atoms with Crippen LogP contribution in [-0.2, 0) is 11.2 Å². The van der Waals surface area contributed by atoms with Gasteiger partial charge in [0.2, 0.25) is 5.91 Å². The summed E-state index contributed by atoms with van der Waals surface area (Å²) < 4.78 is 5.57. The van der Waals surface area contributed by atoms with Crippen LogP contribution in [0.5, 0.6) is 0 Å². The Hall–Kier alpha value is -4.27.